The van der Waals surface area contributed by atoms with Gasteiger partial charge in [0.25, 0.3) is 5.91 Å². The summed E-state index contributed by atoms with van der Waals surface area (Å²) in [5, 5.41) is 1.04. The van der Waals surface area contributed by atoms with Gasteiger partial charge in [-0.25, -0.2) is 4.98 Å². The topological polar surface area (TPSA) is 65.2 Å². The fourth-order valence-electron chi connectivity index (χ4n) is 3.53. The van der Waals surface area contributed by atoms with E-state index in [1.54, 1.807) is 0 Å². The van der Waals surface area contributed by atoms with Crippen LogP contribution in [0.15, 0.2) is 54.6 Å². The third kappa shape index (κ3) is 4.03. The van der Waals surface area contributed by atoms with Crippen molar-refractivity contribution in [1.29, 1.82) is 0 Å². The van der Waals surface area contributed by atoms with E-state index in [9.17, 15) is 4.79 Å². The van der Waals surface area contributed by atoms with E-state index in [-0.39, 0.29) is 0 Å². The molecule has 1 saturated carbocycles. The highest BCUT2D eigenvalue weighted by Gasteiger charge is 2.24. The molecule has 0 radical (unpaired) electrons. The van der Waals surface area contributed by atoms with Gasteiger partial charge < -0.3 is 10.5 Å². The van der Waals surface area contributed by atoms with Crippen LogP contribution in [0.25, 0.3) is 11.3 Å². The van der Waals surface area contributed by atoms with Crippen molar-refractivity contribution in [3.63, 3.8) is 0 Å². The van der Waals surface area contributed by atoms with Gasteiger partial charge in [0.15, 0.2) is 0 Å². The first-order valence-electron chi connectivity index (χ1n) is 9.34. The molecule has 2 aromatic carbocycles. The van der Waals surface area contributed by atoms with Crippen LogP contribution >= 0.6 is 11.3 Å². The summed E-state index contributed by atoms with van der Waals surface area (Å²) in [6.07, 6.45) is 6.05. The number of ether oxygens (including phenoxy) is 1. The van der Waals surface area contributed by atoms with Crippen LogP contribution in [0, 0.1) is 0 Å². The van der Waals surface area contributed by atoms with Crippen molar-refractivity contribution >= 4 is 17.2 Å². The van der Waals surface area contributed by atoms with Crippen LogP contribution in [0.3, 0.4) is 0 Å². The van der Waals surface area contributed by atoms with Gasteiger partial charge >= 0.3 is 0 Å². The number of para-hydroxylation sites is 1. The summed E-state index contributed by atoms with van der Waals surface area (Å²) in [6.45, 7) is 0. The molecule has 0 aliphatic heterocycles. The summed E-state index contributed by atoms with van der Waals surface area (Å²) < 4.78 is 5.84. The first-order chi connectivity index (χ1) is 13.2. The lowest BCUT2D eigenvalue weighted by Gasteiger charge is -2.18. The van der Waals surface area contributed by atoms with Gasteiger partial charge in [0, 0.05) is 11.5 Å². The van der Waals surface area contributed by atoms with Crippen molar-refractivity contribution in [2.24, 2.45) is 5.73 Å². The molecule has 1 aliphatic rings. The summed E-state index contributed by atoms with van der Waals surface area (Å²) >= 11 is 1.46. The quantitative estimate of drug-likeness (QED) is 0.615. The van der Waals surface area contributed by atoms with Crippen LogP contribution in [-0.4, -0.2) is 10.9 Å². The molecule has 0 spiro atoms. The number of carbonyl (C=O) groups is 1. The maximum absolute atomic E-state index is 12.0. The number of rotatable bonds is 5. The summed E-state index contributed by atoms with van der Waals surface area (Å²) in [6, 6.07) is 17.3. The minimum Gasteiger partial charge on any atom is -0.457 e. The van der Waals surface area contributed by atoms with Gasteiger partial charge in [0.1, 0.15) is 16.4 Å². The lowest BCUT2D eigenvalue weighted by atomic mass is 9.90. The van der Waals surface area contributed by atoms with E-state index >= 15 is 0 Å². The number of aromatic nitrogens is 1. The monoisotopic (exact) mass is 378 g/mol. The number of nitrogens with two attached hydrogens (primary N) is 1. The third-order valence-corrected chi connectivity index (χ3v) is 6.16. The highest BCUT2D eigenvalue weighted by molar-refractivity contribution is 7.14. The van der Waals surface area contributed by atoms with Crippen LogP contribution in [0.5, 0.6) is 11.5 Å². The van der Waals surface area contributed by atoms with Crippen molar-refractivity contribution in [3.8, 4) is 22.8 Å². The number of nitrogens with zero attached hydrogens (tertiary/aromatic N) is 1. The molecule has 138 valence electrons. The molecule has 27 heavy (non-hydrogen) atoms. The molecule has 3 aromatic rings. The van der Waals surface area contributed by atoms with Gasteiger partial charge in [0.05, 0.1) is 10.7 Å². The van der Waals surface area contributed by atoms with Crippen LogP contribution in [0.1, 0.15) is 52.7 Å². The number of amides is 1. The molecule has 1 aliphatic carbocycles. The molecule has 0 unspecified atom stereocenters. The molecule has 1 aromatic heterocycles. The van der Waals surface area contributed by atoms with Gasteiger partial charge in [-0.15, -0.1) is 11.3 Å². The molecule has 4 rings (SSSR count). The second-order valence-electron chi connectivity index (χ2n) is 6.87. The number of hydrogen-bond donors (Lipinski definition) is 1. The zero-order chi connectivity index (χ0) is 18.6. The number of primary amides is 1. The minimum absolute atomic E-state index is 0.408. The second-order valence-corrected chi connectivity index (χ2v) is 7.90. The van der Waals surface area contributed by atoms with E-state index in [1.165, 1.54) is 30.6 Å². The Labute approximate surface area is 163 Å². The smallest absolute Gasteiger partial charge is 0.261 e. The first kappa shape index (κ1) is 17.7. The van der Waals surface area contributed by atoms with E-state index < -0.39 is 5.91 Å². The van der Waals surface area contributed by atoms with Crippen LogP contribution in [-0.2, 0) is 0 Å². The molecule has 1 fully saturated rings. The van der Waals surface area contributed by atoms with Gasteiger partial charge in [-0.1, -0.05) is 37.5 Å². The zero-order valence-corrected chi connectivity index (χ0v) is 15.9. The van der Waals surface area contributed by atoms with Crippen LogP contribution in [0.2, 0.25) is 0 Å². The SMILES string of the molecule is NC(=O)c1sc(C2CCCCC2)nc1-c1ccc(Oc2ccccc2)cc1. The van der Waals surface area contributed by atoms with Crippen LogP contribution in [0.4, 0.5) is 0 Å². The molecule has 2 N–H and O–H groups in total. The molecule has 4 nitrogen and oxygen atoms in total. The predicted octanol–water partition coefficient (Wildman–Crippen LogP) is 5.75. The Morgan fingerprint density at radius 3 is 2.30 bits per heavy atom. The third-order valence-electron chi connectivity index (χ3n) is 4.93. The normalized spacial score (nSPS) is 14.8. The lowest BCUT2D eigenvalue weighted by molar-refractivity contribution is 0.100. The standard InChI is InChI=1S/C22H22N2O2S/c23-21(25)20-19(24-22(27-20)16-7-3-1-4-8-16)15-11-13-18(14-12-15)26-17-9-5-2-6-10-17/h2,5-6,9-14,16H,1,3-4,7-8H2,(H2,23,25). The van der Waals surface area contributed by atoms with E-state index in [2.05, 4.69) is 0 Å². The van der Waals surface area contributed by atoms with Crippen molar-refractivity contribution in [2.45, 2.75) is 38.0 Å². The van der Waals surface area contributed by atoms with E-state index in [4.69, 9.17) is 15.5 Å². The Balaban J connectivity index is 1.60. The van der Waals surface area contributed by atoms with E-state index in [0.717, 1.165) is 34.9 Å². The highest BCUT2D eigenvalue weighted by atomic mass is 32.1. The number of hydrogen-bond acceptors (Lipinski definition) is 4. The van der Waals surface area contributed by atoms with Crippen molar-refractivity contribution in [2.75, 3.05) is 0 Å². The van der Waals surface area contributed by atoms with Crippen LogP contribution < -0.4 is 10.5 Å². The number of thiazole rings is 1. The molecular formula is C22H22N2O2S. The number of benzene rings is 2. The zero-order valence-electron chi connectivity index (χ0n) is 15.1. The molecule has 0 saturated heterocycles. The fourth-order valence-corrected chi connectivity index (χ4v) is 4.64. The lowest BCUT2D eigenvalue weighted by Crippen LogP contribution is -2.10. The molecule has 0 atom stereocenters. The van der Waals surface area contributed by atoms with E-state index in [0.29, 0.717) is 16.5 Å². The summed E-state index contributed by atoms with van der Waals surface area (Å²) in [7, 11) is 0. The van der Waals surface area contributed by atoms with Gasteiger partial charge in [-0.2, -0.15) is 0 Å². The van der Waals surface area contributed by atoms with Crippen molar-refractivity contribution in [1.82, 2.24) is 4.98 Å². The second kappa shape index (κ2) is 7.92. The number of carbonyl (C=O) groups excluding carboxylic acids is 1. The van der Waals surface area contributed by atoms with Crippen molar-refractivity contribution in [3.05, 3.63) is 64.5 Å². The summed E-state index contributed by atoms with van der Waals surface area (Å²) in [5.41, 5.74) is 7.22. The molecule has 1 heterocycles. The molecule has 0 bridgehead atoms. The largest absolute Gasteiger partial charge is 0.457 e. The molecule has 5 heteroatoms. The predicted molar refractivity (Wildman–Crippen MR) is 108 cm³/mol. The summed E-state index contributed by atoms with van der Waals surface area (Å²) in [4.78, 5) is 17.3. The van der Waals surface area contributed by atoms with Gasteiger partial charge in [-0.05, 0) is 49.2 Å². The molecule has 1 amide bonds. The maximum atomic E-state index is 12.0. The average Bonchev–Trinajstić information content (AvgIpc) is 3.16. The highest BCUT2D eigenvalue weighted by Crippen LogP contribution is 2.38. The van der Waals surface area contributed by atoms with Gasteiger partial charge in [-0.3, -0.25) is 4.79 Å². The Bertz CT molecular complexity index is 913. The Kier molecular flexibility index (Phi) is 5.21. The molecular weight excluding hydrogens is 356 g/mol. The van der Waals surface area contributed by atoms with Crippen molar-refractivity contribution < 1.29 is 9.53 Å². The fraction of sp³-hybridized carbons (Fsp3) is 0.273. The minimum atomic E-state index is -0.408. The first-order valence-corrected chi connectivity index (χ1v) is 10.2. The van der Waals surface area contributed by atoms with E-state index in [1.807, 2.05) is 54.6 Å². The Hall–Kier alpha value is -2.66. The van der Waals surface area contributed by atoms with Gasteiger partial charge in [0.2, 0.25) is 0 Å². The average molecular weight is 378 g/mol. The Morgan fingerprint density at radius 2 is 1.63 bits per heavy atom. The maximum Gasteiger partial charge on any atom is 0.261 e. The summed E-state index contributed by atoms with van der Waals surface area (Å²) in [5.74, 6) is 1.58. The Morgan fingerprint density at radius 1 is 0.963 bits per heavy atom.